The SMILES string of the molecule is CC/C=C\C/C=C\C/C=C\C/C=C\C/C=C\C/C=C\C/C=C\C/C=C\C/C=C\CCCCCCCC(=O)OC(COC(=O)CCCCCCC/C=C\C/C=C\CCC)COC(OCC[N+](C)(C)C)C(=O)O. The second-order valence-electron chi connectivity index (χ2n) is 18.8. The van der Waals surface area contributed by atoms with Crippen LogP contribution >= 0.6 is 0 Å². The molecule has 0 radical (unpaired) electrons. The molecule has 0 saturated carbocycles. The zero-order chi connectivity index (χ0) is 52.0. The van der Waals surface area contributed by atoms with Crippen LogP contribution in [0.25, 0.3) is 0 Å². The van der Waals surface area contributed by atoms with E-state index < -0.39 is 24.3 Å². The van der Waals surface area contributed by atoms with Gasteiger partial charge in [0.2, 0.25) is 0 Å². The molecule has 0 bridgehead atoms. The molecular formula is C62H100NO8+. The molecule has 0 aromatic carbocycles. The third-order valence-electron chi connectivity index (χ3n) is 10.9. The van der Waals surface area contributed by atoms with Crippen molar-refractivity contribution in [2.24, 2.45) is 0 Å². The van der Waals surface area contributed by atoms with E-state index in [1.165, 1.54) is 6.42 Å². The minimum Gasteiger partial charge on any atom is -0.477 e. The highest BCUT2D eigenvalue weighted by atomic mass is 16.7. The normalized spacial score (nSPS) is 13.9. The van der Waals surface area contributed by atoms with Gasteiger partial charge in [-0.1, -0.05) is 192 Å². The molecule has 2 atom stereocenters. The van der Waals surface area contributed by atoms with Crippen LogP contribution in [0.1, 0.15) is 181 Å². The van der Waals surface area contributed by atoms with Crippen molar-refractivity contribution >= 4 is 17.9 Å². The fourth-order valence-corrected chi connectivity index (χ4v) is 6.69. The Labute approximate surface area is 433 Å². The second-order valence-corrected chi connectivity index (χ2v) is 18.8. The molecule has 0 spiro atoms. The predicted molar refractivity (Wildman–Crippen MR) is 299 cm³/mol. The smallest absolute Gasteiger partial charge is 0.361 e. The van der Waals surface area contributed by atoms with Gasteiger partial charge in [-0.2, -0.15) is 0 Å². The maximum Gasteiger partial charge on any atom is 0.361 e. The number of nitrogens with zero attached hydrogens (tertiary/aromatic N) is 1. The van der Waals surface area contributed by atoms with Crippen LogP contribution in [0.15, 0.2) is 134 Å². The van der Waals surface area contributed by atoms with Gasteiger partial charge in [0.05, 0.1) is 34.4 Å². The first-order valence-electron chi connectivity index (χ1n) is 27.3. The Kier molecular flexibility index (Phi) is 48.4. The lowest BCUT2D eigenvalue weighted by atomic mass is 10.1. The second kappa shape index (κ2) is 51.8. The maximum absolute atomic E-state index is 12.8. The van der Waals surface area contributed by atoms with Gasteiger partial charge in [0, 0.05) is 12.8 Å². The van der Waals surface area contributed by atoms with E-state index in [-0.39, 0.29) is 38.6 Å². The van der Waals surface area contributed by atoms with E-state index in [0.717, 1.165) is 141 Å². The van der Waals surface area contributed by atoms with E-state index in [1.54, 1.807) is 0 Å². The van der Waals surface area contributed by atoms with E-state index in [9.17, 15) is 19.5 Å². The average Bonchev–Trinajstić information content (AvgIpc) is 3.34. The van der Waals surface area contributed by atoms with Crippen LogP contribution < -0.4 is 0 Å². The summed E-state index contributed by atoms with van der Waals surface area (Å²) in [6, 6.07) is 0. The Morgan fingerprint density at radius 2 is 0.803 bits per heavy atom. The Balaban J connectivity index is 4.32. The zero-order valence-corrected chi connectivity index (χ0v) is 45.3. The molecule has 0 aliphatic rings. The molecule has 0 aromatic rings. The van der Waals surface area contributed by atoms with Gasteiger partial charge in [-0.15, -0.1) is 0 Å². The number of carboxylic acid groups (broad SMARTS) is 1. The molecule has 0 amide bonds. The Hall–Kier alpha value is -4.57. The van der Waals surface area contributed by atoms with Gasteiger partial charge in [0.1, 0.15) is 13.2 Å². The van der Waals surface area contributed by atoms with Crippen LogP contribution in [0.5, 0.6) is 0 Å². The van der Waals surface area contributed by atoms with Gasteiger partial charge in [-0.05, 0) is 109 Å². The number of quaternary nitrogens is 1. The number of unbranched alkanes of at least 4 members (excludes halogenated alkanes) is 11. The molecule has 0 aliphatic heterocycles. The summed E-state index contributed by atoms with van der Waals surface area (Å²) >= 11 is 0. The van der Waals surface area contributed by atoms with Crippen LogP contribution in [0.2, 0.25) is 0 Å². The summed E-state index contributed by atoms with van der Waals surface area (Å²) in [5, 5.41) is 9.67. The lowest BCUT2D eigenvalue weighted by molar-refractivity contribution is -0.870. The number of likely N-dealkylation sites (N-methyl/N-ethyl adjacent to an activating group) is 1. The Morgan fingerprint density at radius 3 is 1.20 bits per heavy atom. The number of rotatable bonds is 48. The van der Waals surface area contributed by atoms with Crippen molar-refractivity contribution < 1.29 is 42.9 Å². The summed E-state index contributed by atoms with van der Waals surface area (Å²) in [5.41, 5.74) is 0. The summed E-state index contributed by atoms with van der Waals surface area (Å²) in [7, 11) is 5.94. The molecule has 9 nitrogen and oxygen atoms in total. The van der Waals surface area contributed by atoms with Gasteiger partial charge < -0.3 is 28.5 Å². The number of ether oxygens (including phenoxy) is 4. The first-order chi connectivity index (χ1) is 34.6. The fourth-order valence-electron chi connectivity index (χ4n) is 6.69. The molecule has 400 valence electrons. The minimum atomic E-state index is -1.53. The lowest BCUT2D eigenvalue weighted by Gasteiger charge is -2.25. The summed E-state index contributed by atoms with van der Waals surface area (Å²) in [6.45, 7) is 4.62. The van der Waals surface area contributed by atoms with Gasteiger partial charge in [-0.3, -0.25) is 9.59 Å². The number of esters is 2. The number of carbonyl (C=O) groups is 3. The first kappa shape index (κ1) is 66.4. The highest BCUT2D eigenvalue weighted by Gasteiger charge is 2.25. The molecule has 0 aliphatic carbocycles. The highest BCUT2D eigenvalue weighted by molar-refractivity contribution is 5.71. The van der Waals surface area contributed by atoms with Crippen LogP contribution in [0, 0.1) is 0 Å². The largest absolute Gasteiger partial charge is 0.477 e. The third-order valence-corrected chi connectivity index (χ3v) is 10.9. The van der Waals surface area contributed by atoms with Crippen molar-refractivity contribution in [2.75, 3.05) is 47.5 Å². The molecule has 0 heterocycles. The number of allylic oxidation sites excluding steroid dienone is 22. The van der Waals surface area contributed by atoms with Crippen molar-refractivity contribution in [2.45, 2.75) is 193 Å². The van der Waals surface area contributed by atoms with Gasteiger partial charge in [-0.25, -0.2) is 4.79 Å². The number of aliphatic carboxylic acids is 1. The topological polar surface area (TPSA) is 108 Å². The number of carbonyl (C=O) groups excluding carboxylic acids is 2. The van der Waals surface area contributed by atoms with Crippen molar-refractivity contribution in [1.29, 1.82) is 0 Å². The minimum absolute atomic E-state index is 0.173. The predicted octanol–water partition coefficient (Wildman–Crippen LogP) is 15.9. The maximum atomic E-state index is 12.8. The van der Waals surface area contributed by atoms with E-state index in [1.807, 2.05) is 21.1 Å². The number of hydrogen-bond acceptors (Lipinski definition) is 7. The molecule has 1 N–H and O–H groups in total. The zero-order valence-electron chi connectivity index (χ0n) is 45.3. The highest BCUT2D eigenvalue weighted by Crippen LogP contribution is 2.12. The van der Waals surface area contributed by atoms with Crippen molar-refractivity contribution in [3.63, 3.8) is 0 Å². The quantitative estimate of drug-likeness (QED) is 0.0211. The molecule has 9 heteroatoms. The van der Waals surface area contributed by atoms with Crippen LogP contribution in [0.3, 0.4) is 0 Å². The van der Waals surface area contributed by atoms with Crippen LogP contribution in [-0.2, 0) is 33.3 Å². The molecule has 0 saturated heterocycles. The van der Waals surface area contributed by atoms with Gasteiger partial charge in [0.15, 0.2) is 6.10 Å². The summed E-state index contributed by atoms with van der Waals surface area (Å²) in [5.74, 6) is -2.07. The first-order valence-corrected chi connectivity index (χ1v) is 27.3. The third kappa shape index (κ3) is 53.1. The van der Waals surface area contributed by atoms with Crippen molar-refractivity contribution in [3.8, 4) is 0 Å². The molecule has 71 heavy (non-hydrogen) atoms. The number of hydrogen-bond donors (Lipinski definition) is 1. The average molecular weight is 987 g/mol. The summed E-state index contributed by atoms with van der Waals surface area (Å²) in [4.78, 5) is 37.3. The van der Waals surface area contributed by atoms with Crippen LogP contribution in [-0.4, -0.2) is 87.4 Å². The molecule has 0 fully saturated rings. The molecule has 0 rings (SSSR count). The lowest BCUT2D eigenvalue weighted by Crippen LogP contribution is -2.40. The molecular weight excluding hydrogens is 887 g/mol. The summed E-state index contributed by atoms with van der Waals surface area (Å²) < 4.78 is 22.8. The fraction of sp³-hybridized carbons (Fsp3) is 0.597. The molecule has 2 unspecified atom stereocenters. The Morgan fingerprint density at radius 1 is 0.437 bits per heavy atom. The number of carboxylic acids is 1. The Bertz CT molecular complexity index is 1620. The monoisotopic (exact) mass is 987 g/mol. The van der Waals surface area contributed by atoms with Crippen LogP contribution in [0.4, 0.5) is 0 Å². The van der Waals surface area contributed by atoms with E-state index in [4.69, 9.17) is 18.9 Å². The van der Waals surface area contributed by atoms with E-state index in [2.05, 4.69) is 148 Å². The van der Waals surface area contributed by atoms with Gasteiger partial charge in [0.25, 0.3) is 6.29 Å². The van der Waals surface area contributed by atoms with E-state index >= 15 is 0 Å². The standard InChI is InChI=1S/C62H99NO8/c1-6-8-10-12-14-16-18-20-21-22-23-24-25-26-27-28-29-30-31-32-33-34-35-36-37-38-39-41-43-45-47-49-51-53-60(65)71-58(57-70-62(61(66)67)68-55-54-63(3,4)5)56-69-59(64)52-50-48-46-44-42-40-19-17-15-13-11-9-7-2/h8,10-11,13-14,16-17,19-21,23-24,26-27,29-30,32-33,35-36,38-39,58,62H,6-7,9,12,15,18,22,25,28,31,34,37,40-57H2,1-5H3/p+1/b10-8-,13-11-,16-14-,19-17-,21-20-,24-23-,27-26-,30-29-,33-32-,36-35-,39-38-. The van der Waals surface area contributed by atoms with Crippen molar-refractivity contribution in [1.82, 2.24) is 0 Å². The molecule has 0 aromatic heterocycles. The van der Waals surface area contributed by atoms with Crippen molar-refractivity contribution in [3.05, 3.63) is 134 Å². The van der Waals surface area contributed by atoms with E-state index in [0.29, 0.717) is 17.4 Å². The van der Waals surface area contributed by atoms with Gasteiger partial charge >= 0.3 is 17.9 Å². The summed E-state index contributed by atoms with van der Waals surface area (Å²) in [6.07, 6.45) is 71.0.